The van der Waals surface area contributed by atoms with Gasteiger partial charge in [-0.05, 0) is 12.1 Å². The van der Waals surface area contributed by atoms with Crippen LogP contribution >= 0.6 is 11.3 Å². The molecule has 0 radical (unpaired) electrons. The molecule has 0 saturated heterocycles. The number of hydrogen-bond acceptors (Lipinski definition) is 5. The van der Waals surface area contributed by atoms with Gasteiger partial charge in [0, 0.05) is 33.3 Å². The van der Waals surface area contributed by atoms with Gasteiger partial charge in [-0.1, -0.05) is 78.9 Å². The summed E-state index contributed by atoms with van der Waals surface area (Å²) in [6, 6.07) is 31.4. The van der Waals surface area contributed by atoms with Gasteiger partial charge in [0.25, 0.3) is 0 Å². The normalized spacial score (nSPS) is 11.9. The molecule has 8 rings (SSSR count). The second-order valence-corrected chi connectivity index (χ2v) is 9.84. The quantitative estimate of drug-likeness (QED) is 0.257. The molecular formula is C30H17N5S. The Balaban J connectivity index is 1.57. The van der Waals surface area contributed by atoms with E-state index in [4.69, 9.17) is 9.97 Å². The molecule has 4 aromatic heterocycles. The first-order valence-corrected chi connectivity index (χ1v) is 12.6. The minimum Gasteiger partial charge on any atom is -0.276 e. The van der Waals surface area contributed by atoms with Crippen molar-refractivity contribution < 1.29 is 0 Å². The van der Waals surface area contributed by atoms with Crippen molar-refractivity contribution in [2.45, 2.75) is 0 Å². The van der Waals surface area contributed by atoms with Gasteiger partial charge in [-0.15, -0.1) is 11.3 Å². The second-order valence-electron chi connectivity index (χ2n) is 8.78. The van der Waals surface area contributed by atoms with Crippen molar-refractivity contribution in [1.29, 1.82) is 0 Å². The summed E-state index contributed by atoms with van der Waals surface area (Å²) in [5.74, 6) is 0.662. The van der Waals surface area contributed by atoms with Gasteiger partial charge in [-0.3, -0.25) is 4.57 Å². The third-order valence-electron chi connectivity index (χ3n) is 6.77. The van der Waals surface area contributed by atoms with Crippen LogP contribution in [0.5, 0.6) is 0 Å². The predicted molar refractivity (Wildman–Crippen MR) is 148 cm³/mol. The molecule has 0 spiro atoms. The lowest BCUT2D eigenvalue weighted by atomic mass is 10.1. The average Bonchev–Trinajstić information content (AvgIpc) is 3.49. The number of thiophene rings is 1. The van der Waals surface area contributed by atoms with Gasteiger partial charge >= 0.3 is 0 Å². The lowest BCUT2D eigenvalue weighted by Crippen LogP contribution is -2.03. The van der Waals surface area contributed by atoms with Gasteiger partial charge < -0.3 is 0 Å². The SMILES string of the molecule is c1ccc(-c2nc(-n3c4ccccc4c4ccc5c6ncncc6sc5c43)nc3ccccc23)cc1. The van der Waals surface area contributed by atoms with Crippen LogP contribution in [0.1, 0.15) is 0 Å². The summed E-state index contributed by atoms with van der Waals surface area (Å²) in [6.45, 7) is 0. The van der Waals surface area contributed by atoms with Crippen LogP contribution in [-0.2, 0) is 0 Å². The van der Waals surface area contributed by atoms with E-state index in [2.05, 4.69) is 75.2 Å². The lowest BCUT2D eigenvalue weighted by Gasteiger charge is -2.12. The maximum atomic E-state index is 5.20. The van der Waals surface area contributed by atoms with Crippen LogP contribution < -0.4 is 0 Å². The molecule has 0 aliphatic carbocycles. The highest BCUT2D eigenvalue weighted by atomic mass is 32.1. The van der Waals surface area contributed by atoms with E-state index in [9.17, 15) is 0 Å². The molecule has 4 aromatic carbocycles. The van der Waals surface area contributed by atoms with E-state index in [0.29, 0.717) is 5.95 Å². The zero-order valence-corrected chi connectivity index (χ0v) is 19.8. The van der Waals surface area contributed by atoms with Crippen LogP contribution in [0, 0.1) is 0 Å². The van der Waals surface area contributed by atoms with Crippen molar-refractivity contribution in [3.8, 4) is 17.2 Å². The average molecular weight is 480 g/mol. The summed E-state index contributed by atoms with van der Waals surface area (Å²) < 4.78 is 4.45. The van der Waals surface area contributed by atoms with Crippen LogP contribution in [0.2, 0.25) is 0 Å². The molecule has 0 amide bonds. The molecule has 6 heteroatoms. The number of rotatable bonds is 2. The molecule has 0 bridgehead atoms. The van der Waals surface area contributed by atoms with Gasteiger partial charge in [-0.2, -0.15) is 0 Å². The third-order valence-corrected chi connectivity index (χ3v) is 7.91. The molecule has 168 valence electrons. The monoisotopic (exact) mass is 479 g/mol. The Morgan fingerprint density at radius 3 is 2.36 bits per heavy atom. The Morgan fingerprint density at radius 1 is 0.667 bits per heavy atom. The Hall–Kier alpha value is -4.68. The molecule has 5 nitrogen and oxygen atoms in total. The molecule has 8 aromatic rings. The molecule has 0 saturated carbocycles. The maximum absolute atomic E-state index is 5.20. The van der Waals surface area contributed by atoms with Gasteiger partial charge in [0.05, 0.1) is 37.2 Å². The third kappa shape index (κ3) is 2.70. The molecule has 0 fully saturated rings. The first-order chi connectivity index (χ1) is 17.9. The van der Waals surface area contributed by atoms with Crippen molar-refractivity contribution in [2.24, 2.45) is 0 Å². The lowest BCUT2D eigenvalue weighted by molar-refractivity contribution is 1.02. The number of hydrogen-bond donors (Lipinski definition) is 0. The zero-order valence-electron chi connectivity index (χ0n) is 19.0. The number of aromatic nitrogens is 5. The van der Waals surface area contributed by atoms with E-state index in [-0.39, 0.29) is 0 Å². The van der Waals surface area contributed by atoms with Crippen LogP contribution in [0.4, 0.5) is 0 Å². The standard InChI is InChI=1S/C30H17N5S/c1-2-8-18(9-3-1)26-21-11-4-6-12-23(21)33-30(34-26)35-24-13-7-5-10-19(24)20-14-15-22-27-25(16-31-17-32-27)36-29(22)28(20)35/h1-17H. The van der Waals surface area contributed by atoms with E-state index in [0.717, 1.165) is 53.5 Å². The highest BCUT2D eigenvalue weighted by molar-refractivity contribution is 7.26. The van der Waals surface area contributed by atoms with Gasteiger partial charge in [-0.25, -0.2) is 19.9 Å². The maximum Gasteiger partial charge on any atom is 0.235 e. The van der Waals surface area contributed by atoms with Crippen LogP contribution in [-0.4, -0.2) is 24.5 Å². The summed E-state index contributed by atoms with van der Waals surface area (Å²) in [4.78, 5) is 19.1. The summed E-state index contributed by atoms with van der Waals surface area (Å²) in [6.07, 6.45) is 3.51. The summed E-state index contributed by atoms with van der Waals surface area (Å²) >= 11 is 1.72. The summed E-state index contributed by atoms with van der Waals surface area (Å²) in [7, 11) is 0. The van der Waals surface area contributed by atoms with Gasteiger partial charge in [0.15, 0.2) is 0 Å². The van der Waals surface area contributed by atoms with Crippen molar-refractivity contribution in [1.82, 2.24) is 24.5 Å². The highest BCUT2D eigenvalue weighted by Crippen LogP contribution is 2.42. The first-order valence-electron chi connectivity index (χ1n) is 11.7. The molecular weight excluding hydrogens is 462 g/mol. The van der Waals surface area contributed by atoms with Crippen LogP contribution in [0.25, 0.3) is 70.2 Å². The van der Waals surface area contributed by atoms with Crippen molar-refractivity contribution in [3.63, 3.8) is 0 Å². The Labute approximate surface area is 209 Å². The predicted octanol–water partition coefficient (Wildman–Crippen LogP) is 7.55. The summed E-state index contributed by atoms with van der Waals surface area (Å²) in [5.41, 5.74) is 6.08. The number of fused-ring (bicyclic) bond motifs is 8. The number of benzene rings is 4. The minimum absolute atomic E-state index is 0.662. The molecule has 0 aliphatic rings. The smallest absolute Gasteiger partial charge is 0.235 e. The van der Waals surface area contributed by atoms with Gasteiger partial charge in [0.1, 0.15) is 6.33 Å². The van der Waals surface area contributed by atoms with E-state index in [1.165, 1.54) is 10.8 Å². The first kappa shape index (κ1) is 19.6. The van der Waals surface area contributed by atoms with Crippen molar-refractivity contribution in [3.05, 3.63) is 104 Å². The molecule has 36 heavy (non-hydrogen) atoms. The van der Waals surface area contributed by atoms with Gasteiger partial charge in [0.2, 0.25) is 5.95 Å². The largest absolute Gasteiger partial charge is 0.276 e. The number of nitrogens with zero attached hydrogens (tertiary/aromatic N) is 5. The Morgan fingerprint density at radius 2 is 1.44 bits per heavy atom. The Kier molecular flexibility index (Phi) is 4.03. The van der Waals surface area contributed by atoms with Crippen molar-refractivity contribution >= 4 is 64.3 Å². The number of para-hydroxylation sites is 2. The molecule has 0 aliphatic heterocycles. The highest BCUT2D eigenvalue weighted by Gasteiger charge is 2.20. The van der Waals surface area contributed by atoms with Crippen LogP contribution in [0.15, 0.2) is 104 Å². The van der Waals surface area contributed by atoms with Crippen molar-refractivity contribution in [2.75, 3.05) is 0 Å². The topological polar surface area (TPSA) is 56.5 Å². The van der Waals surface area contributed by atoms with E-state index in [1.54, 1.807) is 17.7 Å². The molecule has 0 unspecified atom stereocenters. The second kappa shape index (κ2) is 7.41. The fourth-order valence-electron chi connectivity index (χ4n) is 5.21. The molecule has 0 atom stereocenters. The zero-order chi connectivity index (χ0) is 23.6. The van der Waals surface area contributed by atoms with Crippen LogP contribution in [0.3, 0.4) is 0 Å². The fraction of sp³-hybridized carbons (Fsp3) is 0. The summed E-state index contributed by atoms with van der Waals surface area (Å²) in [5, 5.41) is 4.51. The van der Waals surface area contributed by atoms with E-state index in [1.807, 2.05) is 36.5 Å². The fourth-order valence-corrected chi connectivity index (χ4v) is 6.37. The molecule has 0 N–H and O–H groups in total. The van der Waals surface area contributed by atoms with E-state index >= 15 is 0 Å². The Bertz CT molecular complexity index is 2110. The van der Waals surface area contributed by atoms with E-state index < -0.39 is 0 Å². The molecule has 4 heterocycles. The minimum atomic E-state index is 0.662.